The molecular formula is C29H36N6O5. The van der Waals surface area contributed by atoms with Crippen LogP contribution in [0.3, 0.4) is 0 Å². The smallest absolute Gasteiger partial charge is 0.409 e. The van der Waals surface area contributed by atoms with E-state index in [0.29, 0.717) is 36.0 Å². The molecule has 1 fully saturated rings. The molecule has 0 bridgehead atoms. The van der Waals surface area contributed by atoms with Crippen LogP contribution in [-0.2, 0) is 14.3 Å². The summed E-state index contributed by atoms with van der Waals surface area (Å²) in [7, 11) is 0. The van der Waals surface area contributed by atoms with E-state index in [1.54, 1.807) is 25.1 Å². The maximum Gasteiger partial charge on any atom is 0.409 e. The van der Waals surface area contributed by atoms with Gasteiger partial charge in [0.15, 0.2) is 6.23 Å². The zero-order valence-electron chi connectivity index (χ0n) is 23.3. The van der Waals surface area contributed by atoms with Crippen LogP contribution >= 0.6 is 0 Å². The predicted octanol–water partition coefficient (Wildman–Crippen LogP) is 3.89. The van der Waals surface area contributed by atoms with E-state index in [0.717, 1.165) is 12.0 Å². The standard InChI is InChI=1S/C29H36N6O5/c1-5-6-12-22(25(36)26(37)30-18(2)19-10-8-7-9-11-19)31-28(39)40-24-16-29(3,4)17-35(24)27(38)20-13-14-21-23(15-20)33-34-32-21/h7-11,13-15,18,22,24H,5-6,12,16-17H2,1-4H3,(H,30,37)(H,31,39)(H,32,33,34)/t18-,22+,24?/m1/s1. The molecule has 212 valence electrons. The number of carbonyl (C=O) groups is 4. The van der Waals surface area contributed by atoms with Crippen LogP contribution < -0.4 is 10.6 Å². The van der Waals surface area contributed by atoms with E-state index >= 15 is 0 Å². The van der Waals surface area contributed by atoms with Crippen LogP contribution in [0.1, 0.15) is 75.3 Å². The molecule has 40 heavy (non-hydrogen) atoms. The second kappa shape index (κ2) is 12.3. The number of nitrogens with one attached hydrogen (secondary N) is 3. The fourth-order valence-electron chi connectivity index (χ4n) is 4.89. The van der Waals surface area contributed by atoms with Crippen molar-refractivity contribution in [2.45, 2.75) is 71.7 Å². The van der Waals surface area contributed by atoms with E-state index in [4.69, 9.17) is 4.74 Å². The second-order valence-corrected chi connectivity index (χ2v) is 11.0. The number of hydrogen-bond acceptors (Lipinski definition) is 7. The lowest BCUT2D eigenvalue weighted by Crippen LogP contribution is -2.49. The molecule has 1 aromatic heterocycles. The minimum absolute atomic E-state index is 0.286. The number of unbranched alkanes of at least 4 members (excludes halogenated alkanes) is 1. The summed E-state index contributed by atoms with van der Waals surface area (Å²) in [5.74, 6) is -1.82. The fraction of sp³-hybridized carbons (Fsp3) is 0.448. The number of amides is 3. The molecule has 0 saturated carbocycles. The van der Waals surface area contributed by atoms with Gasteiger partial charge in [0.25, 0.3) is 11.8 Å². The van der Waals surface area contributed by atoms with Crippen molar-refractivity contribution in [3.8, 4) is 0 Å². The number of carbonyl (C=O) groups excluding carboxylic acids is 4. The molecule has 11 nitrogen and oxygen atoms in total. The highest BCUT2D eigenvalue weighted by Gasteiger charge is 2.43. The first-order valence-electron chi connectivity index (χ1n) is 13.6. The van der Waals surface area contributed by atoms with E-state index < -0.39 is 30.1 Å². The maximum absolute atomic E-state index is 13.4. The van der Waals surface area contributed by atoms with Gasteiger partial charge in [-0.2, -0.15) is 15.4 Å². The van der Waals surface area contributed by atoms with Crippen molar-refractivity contribution >= 4 is 34.7 Å². The molecule has 0 radical (unpaired) electrons. The lowest BCUT2D eigenvalue weighted by atomic mass is 9.93. The molecule has 0 spiro atoms. The lowest BCUT2D eigenvalue weighted by Gasteiger charge is -2.26. The molecule has 3 N–H and O–H groups in total. The normalized spacial score (nSPS) is 17.7. The number of rotatable bonds is 10. The van der Waals surface area contributed by atoms with Gasteiger partial charge in [-0.1, -0.05) is 63.9 Å². The molecule has 3 aromatic rings. The van der Waals surface area contributed by atoms with Crippen molar-refractivity contribution in [1.82, 2.24) is 30.9 Å². The summed E-state index contributed by atoms with van der Waals surface area (Å²) < 4.78 is 5.70. The Balaban J connectivity index is 1.43. The Morgan fingerprint density at radius 3 is 2.52 bits per heavy atom. The summed E-state index contributed by atoms with van der Waals surface area (Å²) in [6, 6.07) is 12.9. The number of hydrogen-bond donors (Lipinski definition) is 3. The van der Waals surface area contributed by atoms with E-state index in [1.807, 2.05) is 51.1 Å². The minimum Gasteiger partial charge on any atom is -0.425 e. The van der Waals surface area contributed by atoms with Crippen LogP contribution in [0.25, 0.3) is 11.0 Å². The number of benzene rings is 2. The summed E-state index contributed by atoms with van der Waals surface area (Å²) in [6.45, 7) is 8.09. The SMILES string of the molecule is CCCC[C@H](NC(=O)OC1CC(C)(C)CN1C(=O)c1ccc2n[nH]nc2c1)C(=O)C(=O)N[C@H](C)c1ccccc1. The predicted molar refractivity (Wildman–Crippen MR) is 148 cm³/mol. The molecular weight excluding hydrogens is 512 g/mol. The van der Waals surface area contributed by atoms with Crippen molar-refractivity contribution in [3.05, 3.63) is 59.7 Å². The summed E-state index contributed by atoms with van der Waals surface area (Å²) in [4.78, 5) is 53.8. The number of ether oxygens (including phenoxy) is 1. The van der Waals surface area contributed by atoms with Gasteiger partial charge in [-0.05, 0) is 42.5 Å². The molecule has 1 aliphatic heterocycles. The largest absolute Gasteiger partial charge is 0.425 e. The zero-order chi connectivity index (χ0) is 28.9. The van der Waals surface area contributed by atoms with Crippen molar-refractivity contribution in [2.24, 2.45) is 5.41 Å². The van der Waals surface area contributed by atoms with Crippen LogP contribution in [0.15, 0.2) is 48.5 Å². The van der Waals surface area contributed by atoms with Gasteiger partial charge >= 0.3 is 6.09 Å². The van der Waals surface area contributed by atoms with Gasteiger partial charge < -0.3 is 20.3 Å². The number of aromatic nitrogens is 3. The Morgan fingerprint density at radius 2 is 1.80 bits per heavy atom. The van der Waals surface area contributed by atoms with E-state index in [2.05, 4.69) is 26.0 Å². The monoisotopic (exact) mass is 548 g/mol. The summed E-state index contributed by atoms with van der Waals surface area (Å²) >= 11 is 0. The number of likely N-dealkylation sites (tertiary alicyclic amines) is 1. The summed E-state index contributed by atoms with van der Waals surface area (Å²) in [6.07, 6.45) is 0.409. The van der Waals surface area contributed by atoms with Crippen LogP contribution in [0.2, 0.25) is 0 Å². The van der Waals surface area contributed by atoms with E-state index in [1.165, 1.54) is 4.90 Å². The zero-order valence-corrected chi connectivity index (χ0v) is 23.3. The third-order valence-corrected chi connectivity index (χ3v) is 7.07. The summed E-state index contributed by atoms with van der Waals surface area (Å²) in [5, 5.41) is 15.9. The second-order valence-electron chi connectivity index (χ2n) is 11.0. The van der Waals surface area contributed by atoms with Gasteiger partial charge in [-0.25, -0.2) is 4.79 Å². The molecule has 4 rings (SSSR count). The number of aromatic amines is 1. The van der Waals surface area contributed by atoms with Gasteiger partial charge in [0, 0.05) is 18.5 Å². The average molecular weight is 549 g/mol. The third-order valence-electron chi connectivity index (χ3n) is 7.07. The van der Waals surface area contributed by atoms with Gasteiger partial charge in [0.1, 0.15) is 17.1 Å². The fourth-order valence-corrected chi connectivity index (χ4v) is 4.89. The van der Waals surface area contributed by atoms with Crippen LogP contribution in [0.4, 0.5) is 4.79 Å². The minimum atomic E-state index is -1.05. The van der Waals surface area contributed by atoms with Gasteiger partial charge in [-0.15, -0.1) is 0 Å². The van der Waals surface area contributed by atoms with Gasteiger partial charge in [0.2, 0.25) is 5.78 Å². The number of alkyl carbamates (subject to hydrolysis) is 1. The highest BCUT2D eigenvalue weighted by molar-refractivity contribution is 6.38. The first-order valence-corrected chi connectivity index (χ1v) is 13.6. The Morgan fingerprint density at radius 1 is 1.07 bits per heavy atom. The number of ketones is 1. The number of nitrogens with zero attached hydrogens (tertiary/aromatic N) is 3. The number of Topliss-reactive ketones (excluding diaryl/α,β-unsaturated/α-hetero) is 1. The Bertz CT molecular complexity index is 1370. The van der Waals surface area contributed by atoms with Crippen molar-refractivity contribution < 1.29 is 23.9 Å². The Hall–Kier alpha value is -4.28. The number of fused-ring (bicyclic) bond motifs is 1. The molecule has 0 aliphatic carbocycles. The molecule has 2 heterocycles. The van der Waals surface area contributed by atoms with Gasteiger partial charge in [0.05, 0.1) is 6.04 Å². The lowest BCUT2D eigenvalue weighted by molar-refractivity contribution is -0.139. The van der Waals surface area contributed by atoms with Crippen LogP contribution in [0.5, 0.6) is 0 Å². The third kappa shape index (κ3) is 6.83. The highest BCUT2D eigenvalue weighted by atomic mass is 16.6. The maximum atomic E-state index is 13.4. The average Bonchev–Trinajstić information content (AvgIpc) is 3.53. The van der Waals surface area contributed by atoms with E-state index in [-0.39, 0.29) is 23.8 Å². The summed E-state index contributed by atoms with van der Waals surface area (Å²) in [5.41, 5.74) is 2.14. The van der Waals surface area contributed by atoms with Crippen LogP contribution in [0, 0.1) is 5.41 Å². The first kappa shape index (κ1) is 28.7. The molecule has 1 saturated heterocycles. The quantitative estimate of drug-likeness (QED) is 0.326. The molecule has 2 aromatic carbocycles. The Kier molecular flexibility index (Phi) is 8.81. The number of H-pyrrole nitrogens is 1. The molecule has 3 atom stereocenters. The topological polar surface area (TPSA) is 146 Å². The van der Waals surface area contributed by atoms with Crippen molar-refractivity contribution in [1.29, 1.82) is 0 Å². The molecule has 1 aliphatic rings. The first-order chi connectivity index (χ1) is 19.1. The van der Waals surface area contributed by atoms with Crippen LogP contribution in [-0.4, -0.2) is 62.8 Å². The highest BCUT2D eigenvalue weighted by Crippen LogP contribution is 2.35. The van der Waals surface area contributed by atoms with Gasteiger partial charge in [-0.3, -0.25) is 14.4 Å². The molecule has 3 amide bonds. The molecule has 1 unspecified atom stereocenters. The van der Waals surface area contributed by atoms with Crippen molar-refractivity contribution in [2.75, 3.05) is 6.54 Å². The Labute approximate surface area is 233 Å². The van der Waals surface area contributed by atoms with Crippen molar-refractivity contribution in [3.63, 3.8) is 0 Å². The van der Waals surface area contributed by atoms with E-state index in [9.17, 15) is 19.2 Å². The molecule has 11 heteroatoms.